The van der Waals surface area contributed by atoms with E-state index >= 15 is 0 Å². The van der Waals surface area contributed by atoms with E-state index in [9.17, 15) is 0 Å². The first kappa shape index (κ1) is 11.9. The smallest absolute Gasteiger partial charge is 0.0255 e. The monoisotopic (exact) mass is 279 g/mol. The lowest BCUT2D eigenvalue weighted by atomic mass is 9.94. The maximum Gasteiger partial charge on any atom is 0.0255 e. The minimum absolute atomic E-state index is 0.549. The Kier molecular flexibility index (Phi) is 4.19. The molecule has 1 aliphatic rings. The van der Waals surface area contributed by atoms with Crippen molar-refractivity contribution in [3.05, 3.63) is 40.4 Å². The van der Waals surface area contributed by atoms with E-state index in [0.29, 0.717) is 6.04 Å². The van der Waals surface area contributed by atoms with Gasteiger partial charge in [-0.2, -0.15) is 0 Å². The van der Waals surface area contributed by atoms with Crippen molar-refractivity contribution in [2.45, 2.75) is 25.8 Å². The first-order valence-corrected chi connectivity index (χ1v) is 6.70. The summed E-state index contributed by atoms with van der Waals surface area (Å²) >= 11 is 3.44. The van der Waals surface area contributed by atoms with Crippen molar-refractivity contribution in [2.24, 2.45) is 5.92 Å². The Hall–Kier alpha value is -0.600. The Morgan fingerprint density at radius 2 is 2.06 bits per heavy atom. The van der Waals surface area contributed by atoms with E-state index in [1.165, 1.54) is 18.4 Å². The van der Waals surface area contributed by atoms with Crippen molar-refractivity contribution in [1.29, 1.82) is 0 Å². The zero-order valence-corrected chi connectivity index (χ0v) is 11.2. The predicted octanol–water partition coefficient (Wildman–Crippen LogP) is 3.85. The molecule has 86 valence electrons. The summed E-state index contributed by atoms with van der Waals surface area (Å²) in [6.07, 6.45) is 7.07. The quantitative estimate of drug-likeness (QED) is 0.867. The lowest BCUT2D eigenvalue weighted by Gasteiger charge is -2.25. The number of rotatable bonds is 2. The van der Waals surface area contributed by atoms with E-state index in [-0.39, 0.29) is 0 Å². The number of hydrogen-bond donors (Lipinski definition) is 1. The Labute approximate surface area is 106 Å². The van der Waals surface area contributed by atoms with Gasteiger partial charge in [0.2, 0.25) is 0 Å². The van der Waals surface area contributed by atoms with Gasteiger partial charge in [-0.1, -0.05) is 47.1 Å². The molecule has 0 amide bonds. The van der Waals surface area contributed by atoms with E-state index in [1.54, 1.807) is 0 Å². The average Bonchev–Trinajstić information content (AvgIpc) is 2.28. The summed E-state index contributed by atoms with van der Waals surface area (Å²) in [5.41, 5.74) is 1.27. The highest BCUT2D eigenvalue weighted by atomic mass is 79.9. The second-order valence-electron chi connectivity index (χ2n) is 4.60. The molecular weight excluding hydrogens is 262 g/mol. The van der Waals surface area contributed by atoms with Gasteiger partial charge in [0.25, 0.3) is 0 Å². The summed E-state index contributed by atoms with van der Waals surface area (Å²) in [5.74, 6) is 0.848. The lowest BCUT2D eigenvalue weighted by Crippen LogP contribution is -2.35. The van der Waals surface area contributed by atoms with Gasteiger partial charge in [-0.15, -0.1) is 0 Å². The standard InChI is InChI=1S/C14H18BrN/c1-11-8-9-16-14(10-11)7-4-12-2-5-13(15)6-3-12/h2-7,11,14,16H,8-10H2,1H3/b7-4+. The molecule has 0 spiro atoms. The van der Waals surface area contributed by atoms with Crippen LogP contribution in [0.25, 0.3) is 6.08 Å². The summed E-state index contributed by atoms with van der Waals surface area (Å²) in [6.45, 7) is 3.48. The van der Waals surface area contributed by atoms with Crippen LogP contribution in [-0.2, 0) is 0 Å². The highest BCUT2D eigenvalue weighted by Gasteiger charge is 2.15. The topological polar surface area (TPSA) is 12.0 Å². The Balaban J connectivity index is 1.95. The molecule has 0 bridgehead atoms. The van der Waals surface area contributed by atoms with E-state index in [0.717, 1.165) is 16.9 Å². The van der Waals surface area contributed by atoms with E-state index in [2.05, 4.69) is 64.6 Å². The molecule has 16 heavy (non-hydrogen) atoms. The lowest BCUT2D eigenvalue weighted by molar-refractivity contribution is 0.357. The van der Waals surface area contributed by atoms with Crippen LogP contribution in [0, 0.1) is 5.92 Å². The summed E-state index contributed by atoms with van der Waals surface area (Å²) in [7, 11) is 0. The molecule has 1 saturated heterocycles. The molecule has 1 N–H and O–H groups in total. The zero-order valence-electron chi connectivity index (χ0n) is 9.62. The molecule has 1 aliphatic heterocycles. The summed E-state index contributed by atoms with van der Waals surface area (Å²) < 4.78 is 1.13. The van der Waals surface area contributed by atoms with Crippen LogP contribution >= 0.6 is 15.9 Å². The molecule has 1 aromatic carbocycles. The van der Waals surface area contributed by atoms with Crippen molar-refractivity contribution in [1.82, 2.24) is 5.32 Å². The van der Waals surface area contributed by atoms with Gasteiger partial charge in [-0.25, -0.2) is 0 Å². The van der Waals surface area contributed by atoms with Crippen LogP contribution in [0.1, 0.15) is 25.3 Å². The number of hydrogen-bond acceptors (Lipinski definition) is 1. The Morgan fingerprint density at radius 1 is 1.31 bits per heavy atom. The minimum Gasteiger partial charge on any atom is -0.310 e. The molecule has 0 saturated carbocycles. The third kappa shape index (κ3) is 3.46. The van der Waals surface area contributed by atoms with Crippen LogP contribution in [0.5, 0.6) is 0 Å². The minimum atomic E-state index is 0.549. The van der Waals surface area contributed by atoms with Crippen molar-refractivity contribution in [2.75, 3.05) is 6.54 Å². The van der Waals surface area contributed by atoms with Crippen molar-refractivity contribution < 1.29 is 0 Å². The molecular formula is C14H18BrN. The molecule has 0 aliphatic carbocycles. The van der Waals surface area contributed by atoms with Gasteiger partial charge in [0.15, 0.2) is 0 Å². The Morgan fingerprint density at radius 3 is 2.75 bits per heavy atom. The number of benzene rings is 1. The van der Waals surface area contributed by atoms with Crippen molar-refractivity contribution in [3.8, 4) is 0 Å². The summed E-state index contributed by atoms with van der Waals surface area (Å²) in [5, 5.41) is 3.54. The van der Waals surface area contributed by atoms with Crippen LogP contribution in [0.15, 0.2) is 34.8 Å². The molecule has 2 unspecified atom stereocenters. The molecule has 1 nitrogen and oxygen atoms in total. The number of halogens is 1. The summed E-state index contributed by atoms with van der Waals surface area (Å²) in [4.78, 5) is 0. The first-order chi connectivity index (χ1) is 7.74. The molecule has 2 heteroatoms. The van der Waals surface area contributed by atoms with Crippen LogP contribution < -0.4 is 5.32 Å². The Bertz CT molecular complexity index is 356. The SMILES string of the molecule is CC1CCNC(/C=C/c2ccc(Br)cc2)C1. The number of piperidine rings is 1. The predicted molar refractivity (Wildman–Crippen MR) is 73.4 cm³/mol. The maximum absolute atomic E-state index is 3.54. The molecule has 1 heterocycles. The molecule has 0 aromatic heterocycles. The van der Waals surface area contributed by atoms with Gasteiger partial charge >= 0.3 is 0 Å². The van der Waals surface area contributed by atoms with Crippen LogP contribution in [-0.4, -0.2) is 12.6 Å². The third-order valence-corrected chi connectivity index (χ3v) is 3.62. The first-order valence-electron chi connectivity index (χ1n) is 5.91. The molecule has 1 aromatic rings. The van der Waals surface area contributed by atoms with E-state index in [4.69, 9.17) is 0 Å². The van der Waals surface area contributed by atoms with Gasteiger partial charge in [0, 0.05) is 10.5 Å². The second kappa shape index (κ2) is 5.65. The third-order valence-electron chi connectivity index (χ3n) is 3.09. The van der Waals surface area contributed by atoms with Gasteiger partial charge < -0.3 is 5.32 Å². The zero-order chi connectivity index (χ0) is 11.4. The van der Waals surface area contributed by atoms with Gasteiger partial charge in [-0.05, 0) is 43.0 Å². The molecule has 0 radical (unpaired) electrons. The maximum atomic E-state index is 3.54. The molecule has 2 rings (SSSR count). The second-order valence-corrected chi connectivity index (χ2v) is 5.52. The van der Waals surface area contributed by atoms with E-state index < -0.39 is 0 Å². The van der Waals surface area contributed by atoms with Gasteiger partial charge in [0.05, 0.1) is 0 Å². The molecule has 1 fully saturated rings. The van der Waals surface area contributed by atoms with Crippen molar-refractivity contribution in [3.63, 3.8) is 0 Å². The average molecular weight is 280 g/mol. The fourth-order valence-electron chi connectivity index (χ4n) is 2.10. The fourth-order valence-corrected chi connectivity index (χ4v) is 2.36. The highest BCUT2D eigenvalue weighted by Crippen LogP contribution is 2.17. The highest BCUT2D eigenvalue weighted by molar-refractivity contribution is 9.10. The van der Waals surface area contributed by atoms with Gasteiger partial charge in [-0.3, -0.25) is 0 Å². The van der Waals surface area contributed by atoms with Crippen LogP contribution in [0.4, 0.5) is 0 Å². The molecule has 2 atom stereocenters. The van der Waals surface area contributed by atoms with Crippen molar-refractivity contribution >= 4 is 22.0 Å². The summed E-state index contributed by atoms with van der Waals surface area (Å²) in [6, 6.07) is 8.97. The van der Waals surface area contributed by atoms with Crippen LogP contribution in [0.2, 0.25) is 0 Å². The van der Waals surface area contributed by atoms with Gasteiger partial charge in [0.1, 0.15) is 0 Å². The fraction of sp³-hybridized carbons (Fsp3) is 0.429. The van der Waals surface area contributed by atoms with Crippen LogP contribution in [0.3, 0.4) is 0 Å². The number of nitrogens with one attached hydrogen (secondary N) is 1. The largest absolute Gasteiger partial charge is 0.310 e. The normalized spacial score (nSPS) is 26.1. The van der Waals surface area contributed by atoms with E-state index in [1.807, 2.05) is 0 Å².